The fourth-order valence-electron chi connectivity index (χ4n) is 2.65. The number of benzene rings is 1. The zero-order chi connectivity index (χ0) is 12.5. The minimum absolute atomic E-state index is 0.520. The molecule has 3 nitrogen and oxygen atoms in total. The standard InChI is InChI=1S/C14H16BrN3/c15-11-5-10(8-16)6-13(7-11)17-12-3-4-18(9-12)14-1-2-14/h5-7,12,14,17H,1-4,9H2. The van der Waals surface area contributed by atoms with Crippen molar-refractivity contribution in [2.45, 2.75) is 31.3 Å². The molecule has 3 rings (SSSR count). The number of likely N-dealkylation sites (tertiary alicyclic amines) is 1. The van der Waals surface area contributed by atoms with Gasteiger partial charge >= 0.3 is 0 Å². The molecule has 1 heterocycles. The Balaban J connectivity index is 1.66. The molecule has 1 aromatic carbocycles. The van der Waals surface area contributed by atoms with Gasteiger partial charge in [0.25, 0.3) is 0 Å². The maximum Gasteiger partial charge on any atom is 0.0992 e. The molecule has 0 amide bonds. The largest absolute Gasteiger partial charge is 0.381 e. The van der Waals surface area contributed by atoms with Crippen molar-refractivity contribution in [1.82, 2.24) is 4.90 Å². The fourth-order valence-corrected chi connectivity index (χ4v) is 3.14. The van der Waals surface area contributed by atoms with Crippen LogP contribution in [0.4, 0.5) is 5.69 Å². The summed E-state index contributed by atoms with van der Waals surface area (Å²) in [5.41, 5.74) is 1.74. The van der Waals surface area contributed by atoms with E-state index in [1.165, 1.54) is 25.8 Å². The number of hydrogen-bond acceptors (Lipinski definition) is 3. The predicted molar refractivity (Wildman–Crippen MR) is 75.5 cm³/mol. The van der Waals surface area contributed by atoms with Crippen molar-refractivity contribution in [3.05, 3.63) is 28.2 Å². The first-order chi connectivity index (χ1) is 8.74. The van der Waals surface area contributed by atoms with E-state index in [1.54, 1.807) is 0 Å². The third-order valence-electron chi connectivity index (χ3n) is 3.68. The molecule has 1 aliphatic carbocycles. The van der Waals surface area contributed by atoms with Crippen molar-refractivity contribution in [2.24, 2.45) is 0 Å². The minimum atomic E-state index is 0.520. The highest BCUT2D eigenvalue weighted by Crippen LogP contribution is 2.31. The smallest absolute Gasteiger partial charge is 0.0992 e. The first kappa shape index (κ1) is 12.0. The van der Waals surface area contributed by atoms with Gasteiger partial charge in [-0.2, -0.15) is 5.26 Å². The van der Waals surface area contributed by atoms with Crippen LogP contribution in [0.15, 0.2) is 22.7 Å². The fraction of sp³-hybridized carbons (Fsp3) is 0.500. The Morgan fingerprint density at radius 3 is 2.83 bits per heavy atom. The topological polar surface area (TPSA) is 39.1 Å². The maximum atomic E-state index is 8.96. The highest BCUT2D eigenvalue weighted by Gasteiger charge is 2.34. The predicted octanol–water partition coefficient (Wildman–Crippen LogP) is 2.97. The molecule has 0 aromatic heterocycles. The number of nitrogens with one attached hydrogen (secondary N) is 1. The molecule has 0 bridgehead atoms. The molecular formula is C14H16BrN3. The Morgan fingerprint density at radius 2 is 2.11 bits per heavy atom. The molecule has 1 aromatic rings. The Bertz CT molecular complexity index is 490. The van der Waals surface area contributed by atoms with Crippen LogP contribution in [-0.2, 0) is 0 Å². The summed E-state index contributed by atoms with van der Waals surface area (Å²) >= 11 is 3.45. The van der Waals surface area contributed by atoms with Crippen molar-refractivity contribution in [3.8, 4) is 6.07 Å². The van der Waals surface area contributed by atoms with E-state index in [9.17, 15) is 0 Å². The zero-order valence-corrected chi connectivity index (χ0v) is 11.8. The van der Waals surface area contributed by atoms with Crippen LogP contribution in [0.25, 0.3) is 0 Å². The molecule has 1 saturated carbocycles. The molecule has 1 saturated heterocycles. The van der Waals surface area contributed by atoms with E-state index in [0.29, 0.717) is 11.6 Å². The molecule has 1 N–H and O–H groups in total. The van der Waals surface area contributed by atoms with Crippen LogP contribution in [0.5, 0.6) is 0 Å². The van der Waals surface area contributed by atoms with Crippen LogP contribution in [0.2, 0.25) is 0 Å². The van der Waals surface area contributed by atoms with Gasteiger partial charge in [-0.1, -0.05) is 15.9 Å². The number of anilines is 1. The second-order valence-corrected chi connectivity index (χ2v) is 6.11. The van der Waals surface area contributed by atoms with Crippen LogP contribution in [0.1, 0.15) is 24.8 Å². The molecule has 18 heavy (non-hydrogen) atoms. The van der Waals surface area contributed by atoms with E-state index in [2.05, 4.69) is 32.2 Å². The zero-order valence-electron chi connectivity index (χ0n) is 10.2. The second-order valence-electron chi connectivity index (χ2n) is 5.20. The summed E-state index contributed by atoms with van der Waals surface area (Å²) in [4.78, 5) is 2.58. The van der Waals surface area contributed by atoms with E-state index < -0.39 is 0 Å². The van der Waals surface area contributed by atoms with Gasteiger partial charge in [0.1, 0.15) is 0 Å². The molecule has 2 fully saturated rings. The third-order valence-corrected chi connectivity index (χ3v) is 4.14. The summed E-state index contributed by atoms with van der Waals surface area (Å²) in [6, 6.07) is 9.37. The quantitative estimate of drug-likeness (QED) is 0.933. The van der Waals surface area contributed by atoms with Gasteiger partial charge in [0.2, 0.25) is 0 Å². The summed E-state index contributed by atoms with van der Waals surface area (Å²) in [5, 5.41) is 12.5. The average Bonchev–Trinajstić information content (AvgIpc) is 3.10. The monoisotopic (exact) mass is 305 g/mol. The van der Waals surface area contributed by atoms with E-state index in [0.717, 1.165) is 22.7 Å². The van der Waals surface area contributed by atoms with Crippen LogP contribution in [0.3, 0.4) is 0 Å². The first-order valence-electron chi connectivity index (χ1n) is 6.46. The number of hydrogen-bond donors (Lipinski definition) is 1. The maximum absolute atomic E-state index is 8.96. The number of nitrogens with zero attached hydrogens (tertiary/aromatic N) is 2. The summed E-state index contributed by atoms with van der Waals surface area (Å²) in [5.74, 6) is 0. The van der Waals surface area contributed by atoms with Crippen LogP contribution in [-0.4, -0.2) is 30.1 Å². The summed E-state index contributed by atoms with van der Waals surface area (Å²) in [6.45, 7) is 2.35. The van der Waals surface area contributed by atoms with Gasteiger partial charge < -0.3 is 5.32 Å². The molecule has 4 heteroatoms. The molecule has 0 spiro atoms. The lowest BCUT2D eigenvalue weighted by molar-refractivity contribution is 0.326. The van der Waals surface area contributed by atoms with Gasteiger partial charge in [0.05, 0.1) is 11.6 Å². The summed E-state index contributed by atoms with van der Waals surface area (Å²) in [6.07, 6.45) is 3.95. The third kappa shape index (κ3) is 2.68. The average molecular weight is 306 g/mol. The molecular weight excluding hydrogens is 290 g/mol. The van der Waals surface area contributed by atoms with Crippen LogP contribution >= 0.6 is 15.9 Å². The summed E-state index contributed by atoms with van der Waals surface area (Å²) < 4.78 is 0.959. The van der Waals surface area contributed by atoms with Crippen molar-refractivity contribution in [1.29, 1.82) is 5.26 Å². The van der Waals surface area contributed by atoms with Gasteiger partial charge in [0, 0.05) is 35.3 Å². The highest BCUT2D eigenvalue weighted by atomic mass is 79.9. The molecule has 1 aliphatic heterocycles. The van der Waals surface area contributed by atoms with Crippen molar-refractivity contribution < 1.29 is 0 Å². The lowest BCUT2D eigenvalue weighted by atomic mass is 10.2. The molecule has 1 atom stereocenters. The number of rotatable bonds is 3. The van der Waals surface area contributed by atoms with Gasteiger partial charge in [-0.05, 0) is 37.5 Å². The van der Waals surface area contributed by atoms with Crippen LogP contribution in [0, 0.1) is 11.3 Å². The van der Waals surface area contributed by atoms with E-state index >= 15 is 0 Å². The Kier molecular flexibility index (Phi) is 3.27. The van der Waals surface area contributed by atoms with E-state index in [4.69, 9.17) is 5.26 Å². The van der Waals surface area contributed by atoms with E-state index in [-0.39, 0.29) is 0 Å². The van der Waals surface area contributed by atoms with Crippen molar-refractivity contribution >= 4 is 21.6 Å². The highest BCUT2D eigenvalue weighted by molar-refractivity contribution is 9.10. The minimum Gasteiger partial charge on any atom is -0.381 e. The molecule has 2 aliphatic rings. The molecule has 0 radical (unpaired) electrons. The Hall–Kier alpha value is -1.05. The molecule has 1 unspecified atom stereocenters. The SMILES string of the molecule is N#Cc1cc(Br)cc(NC2CCN(C3CC3)C2)c1. The normalized spacial score (nSPS) is 23.9. The van der Waals surface area contributed by atoms with Gasteiger partial charge in [-0.15, -0.1) is 0 Å². The lowest BCUT2D eigenvalue weighted by Gasteiger charge is -2.17. The van der Waals surface area contributed by atoms with Crippen molar-refractivity contribution in [3.63, 3.8) is 0 Å². The second kappa shape index (κ2) is 4.91. The summed E-state index contributed by atoms with van der Waals surface area (Å²) in [7, 11) is 0. The van der Waals surface area contributed by atoms with Gasteiger partial charge in [-0.25, -0.2) is 0 Å². The number of halogens is 1. The molecule has 94 valence electrons. The van der Waals surface area contributed by atoms with Gasteiger partial charge in [-0.3, -0.25) is 4.90 Å². The van der Waals surface area contributed by atoms with E-state index in [1.807, 2.05) is 18.2 Å². The number of nitriles is 1. The lowest BCUT2D eigenvalue weighted by Crippen LogP contribution is -2.27. The van der Waals surface area contributed by atoms with Crippen LogP contribution < -0.4 is 5.32 Å². The Morgan fingerprint density at radius 1 is 1.28 bits per heavy atom. The Labute approximate surface area is 116 Å². The van der Waals surface area contributed by atoms with Gasteiger partial charge in [0.15, 0.2) is 0 Å². The first-order valence-corrected chi connectivity index (χ1v) is 7.25. The van der Waals surface area contributed by atoms with Crippen molar-refractivity contribution in [2.75, 3.05) is 18.4 Å².